The standard InChI is InChI=1S/C13H20N2S/c1-12(2)7-4-8-13(12,14)11-15-9-5-3-6-10(9)16-11/h3-8,14H2,1-2H3. The zero-order valence-electron chi connectivity index (χ0n) is 10.2. The van der Waals surface area contributed by atoms with Crippen molar-refractivity contribution in [2.24, 2.45) is 11.1 Å². The van der Waals surface area contributed by atoms with Gasteiger partial charge in [-0.05, 0) is 37.5 Å². The van der Waals surface area contributed by atoms with Crippen molar-refractivity contribution in [1.82, 2.24) is 4.98 Å². The molecule has 1 saturated carbocycles. The molecule has 0 spiro atoms. The molecule has 2 N–H and O–H groups in total. The van der Waals surface area contributed by atoms with E-state index >= 15 is 0 Å². The lowest BCUT2D eigenvalue weighted by atomic mass is 9.76. The van der Waals surface area contributed by atoms with Crippen LogP contribution in [-0.2, 0) is 18.4 Å². The van der Waals surface area contributed by atoms with Gasteiger partial charge in [-0.3, -0.25) is 0 Å². The van der Waals surface area contributed by atoms with Crippen LogP contribution < -0.4 is 5.73 Å². The zero-order chi connectivity index (χ0) is 11.4. The molecule has 1 atom stereocenters. The molecule has 1 aromatic heterocycles. The molecule has 2 aliphatic rings. The lowest BCUT2D eigenvalue weighted by molar-refractivity contribution is 0.209. The van der Waals surface area contributed by atoms with E-state index in [1.165, 1.54) is 47.7 Å². The molecule has 1 heterocycles. The van der Waals surface area contributed by atoms with Gasteiger partial charge in [-0.1, -0.05) is 20.3 Å². The van der Waals surface area contributed by atoms with Crippen LogP contribution in [0.5, 0.6) is 0 Å². The minimum absolute atomic E-state index is 0.165. The van der Waals surface area contributed by atoms with E-state index in [0.717, 1.165) is 6.42 Å². The Morgan fingerprint density at radius 2 is 2.00 bits per heavy atom. The molecule has 16 heavy (non-hydrogen) atoms. The third kappa shape index (κ3) is 1.31. The van der Waals surface area contributed by atoms with Crippen molar-refractivity contribution in [1.29, 1.82) is 0 Å². The molecule has 88 valence electrons. The van der Waals surface area contributed by atoms with Crippen molar-refractivity contribution in [3.8, 4) is 0 Å². The van der Waals surface area contributed by atoms with E-state index in [1.807, 2.05) is 11.3 Å². The van der Waals surface area contributed by atoms with Gasteiger partial charge in [0.25, 0.3) is 0 Å². The number of aryl methyl sites for hydroxylation is 2. The molecule has 0 aliphatic heterocycles. The van der Waals surface area contributed by atoms with Gasteiger partial charge in [0, 0.05) is 4.88 Å². The second-order valence-corrected chi connectivity index (χ2v) is 7.03. The average Bonchev–Trinajstić information content (AvgIpc) is 2.79. The highest BCUT2D eigenvalue weighted by Gasteiger charge is 2.49. The van der Waals surface area contributed by atoms with Crippen molar-refractivity contribution in [2.75, 3.05) is 0 Å². The van der Waals surface area contributed by atoms with Crippen LogP contribution in [0.1, 0.15) is 55.1 Å². The molecule has 0 bridgehead atoms. The molecule has 1 aromatic rings. The molecule has 0 amide bonds. The summed E-state index contributed by atoms with van der Waals surface area (Å²) in [5.41, 5.74) is 8.05. The summed E-state index contributed by atoms with van der Waals surface area (Å²) in [4.78, 5) is 6.34. The fraction of sp³-hybridized carbons (Fsp3) is 0.769. The van der Waals surface area contributed by atoms with Gasteiger partial charge in [-0.15, -0.1) is 11.3 Å². The maximum atomic E-state index is 6.67. The Hall–Kier alpha value is -0.410. The highest BCUT2D eigenvalue weighted by molar-refractivity contribution is 7.12. The molecule has 0 radical (unpaired) electrons. The summed E-state index contributed by atoms with van der Waals surface area (Å²) in [5.74, 6) is 0. The van der Waals surface area contributed by atoms with E-state index in [0.29, 0.717) is 0 Å². The van der Waals surface area contributed by atoms with Gasteiger partial charge in [-0.2, -0.15) is 0 Å². The first-order valence-corrected chi connectivity index (χ1v) is 7.12. The summed E-state index contributed by atoms with van der Waals surface area (Å²) in [6.07, 6.45) is 7.26. The van der Waals surface area contributed by atoms with Crippen LogP contribution in [0.15, 0.2) is 0 Å². The van der Waals surface area contributed by atoms with Crippen LogP contribution in [0, 0.1) is 5.41 Å². The molecule has 2 nitrogen and oxygen atoms in total. The predicted molar refractivity (Wildman–Crippen MR) is 67.6 cm³/mol. The number of rotatable bonds is 1. The summed E-state index contributed by atoms with van der Waals surface area (Å²) in [7, 11) is 0. The Morgan fingerprint density at radius 3 is 2.62 bits per heavy atom. The number of nitrogens with two attached hydrogens (primary N) is 1. The number of fused-ring (bicyclic) bond motifs is 1. The van der Waals surface area contributed by atoms with E-state index in [9.17, 15) is 0 Å². The molecule has 3 rings (SSSR count). The van der Waals surface area contributed by atoms with E-state index < -0.39 is 0 Å². The third-order valence-corrected chi connectivity index (χ3v) is 5.89. The van der Waals surface area contributed by atoms with Crippen molar-refractivity contribution in [2.45, 2.75) is 57.9 Å². The van der Waals surface area contributed by atoms with Crippen LogP contribution in [0.4, 0.5) is 0 Å². The summed E-state index contributed by atoms with van der Waals surface area (Å²) in [5, 5.41) is 1.21. The minimum Gasteiger partial charge on any atom is -0.319 e. The number of hydrogen-bond donors (Lipinski definition) is 1. The maximum absolute atomic E-state index is 6.67. The van der Waals surface area contributed by atoms with Crippen LogP contribution >= 0.6 is 11.3 Å². The Morgan fingerprint density at radius 1 is 1.19 bits per heavy atom. The summed E-state index contributed by atoms with van der Waals surface area (Å²) in [6.45, 7) is 4.60. The first-order valence-electron chi connectivity index (χ1n) is 6.31. The first-order chi connectivity index (χ1) is 7.53. The highest BCUT2D eigenvalue weighted by atomic mass is 32.1. The fourth-order valence-corrected chi connectivity index (χ4v) is 4.61. The predicted octanol–water partition coefficient (Wildman–Crippen LogP) is 3.00. The van der Waals surface area contributed by atoms with Crippen LogP contribution in [0.2, 0.25) is 0 Å². The molecule has 1 fully saturated rings. The Bertz CT molecular complexity index is 400. The number of thiazole rings is 1. The largest absolute Gasteiger partial charge is 0.319 e. The van der Waals surface area contributed by atoms with Crippen LogP contribution in [0.25, 0.3) is 0 Å². The lowest BCUT2D eigenvalue weighted by Crippen LogP contribution is -2.45. The summed E-state index contributed by atoms with van der Waals surface area (Å²) < 4.78 is 0. The molecular formula is C13H20N2S. The quantitative estimate of drug-likeness (QED) is 0.814. The fourth-order valence-electron chi connectivity index (χ4n) is 3.15. The SMILES string of the molecule is CC1(C)CCCC1(N)c1nc2c(s1)CCC2. The summed E-state index contributed by atoms with van der Waals surface area (Å²) in [6, 6.07) is 0. The number of nitrogens with zero attached hydrogens (tertiary/aromatic N) is 1. The van der Waals surface area contributed by atoms with Gasteiger partial charge >= 0.3 is 0 Å². The zero-order valence-corrected chi connectivity index (χ0v) is 11.0. The molecule has 0 saturated heterocycles. The number of hydrogen-bond acceptors (Lipinski definition) is 3. The van der Waals surface area contributed by atoms with Gasteiger partial charge in [0.1, 0.15) is 5.01 Å². The number of aromatic nitrogens is 1. The van der Waals surface area contributed by atoms with E-state index in [2.05, 4.69) is 13.8 Å². The van der Waals surface area contributed by atoms with Gasteiger partial charge in [0.15, 0.2) is 0 Å². The second-order valence-electron chi connectivity index (χ2n) is 5.95. The van der Waals surface area contributed by atoms with Crippen molar-refractivity contribution >= 4 is 11.3 Å². The van der Waals surface area contributed by atoms with E-state index in [1.54, 1.807) is 0 Å². The van der Waals surface area contributed by atoms with Gasteiger partial charge in [0.2, 0.25) is 0 Å². The van der Waals surface area contributed by atoms with Gasteiger partial charge < -0.3 is 5.73 Å². The van der Waals surface area contributed by atoms with Crippen molar-refractivity contribution in [3.63, 3.8) is 0 Å². The average molecular weight is 236 g/mol. The van der Waals surface area contributed by atoms with E-state index in [4.69, 9.17) is 10.7 Å². The highest BCUT2D eigenvalue weighted by Crippen LogP contribution is 2.51. The normalized spacial score (nSPS) is 31.9. The first kappa shape index (κ1) is 10.7. The van der Waals surface area contributed by atoms with Crippen molar-refractivity contribution in [3.05, 3.63) is 15.6 Å². The van der Waals surface area contributed by atoms with Gasteiger partial charge in [-0.25, -0.2) is 4.98 Å². The molecule has 0 aromatic carbocycles. The Kier molecular flexibility index (Phi) is 2.21. The maximum Gasteiger partial charge on any atom is 0.114 e. The van der Waals surface area contributed by atoms with E-state index in [-0.39, 0.29) is 11.0 Å². The van der Waals surface area contributed by atoms with Crippen LogP contribution in [0.3, 0.4) is 0 Å². The van der Waals surface area contributed by atoms with Crippen LogP contribution in [-0.4, -0.2) is 4.98 Å². The van der Waals surface area contributed by atoms with Crippen molar-refractivity contribution < 1.29 is 0 Å². The van der Waals surface area contributed by atoms with Gasteiger partial charge in [0.05, 0.1) is 11.2 Å². The lowest BCUT2D eigenvalue weighted by Gasteiger charge is -2.36. The molecule has 2 aliphatic carbocycles. The molecular weight excluding hydrogens is 216 g/mol. The summed E-state index contributed by atoms with van der Waals surface area (Å²) >= 11 is 1.88. The smallest absolute Gasteiger partial charge is 0.114 e. The second kappa shape index (κ2) is 3.30. The molecule has 1 unspecified atom stereocenters. The monoisotopic (exact) mass is 236 g/mol. The Balaban J connectivity index is 2.02. The minimum atomic E-state index is -0.165. The third-order valence-electron chi connectivity index (χ3n) is 4.56. The topological polar surface area (TPSA) is 38.9 Å². The molecule has 3 heteroatoms. The Labute approximate surface area is 101 Å².